The zero-order valence-electron chi connectivity index (χ0n) is 12.7. The predicted molar refractivity (Wildman–Crippen MR) is 78.1 cm³/mol. The first-order valence-corrected chi connectivity index (χ1v) is 7.42. The van der Waals surface area contributed by atoms with Gasteiger partial charge in [-0.25, -0.2) is 0 Å². The molecule has 104 valence electrons. The Morgan fingerprint density at radius 2 is 1.94 bits per heavy atom. The first-order valence-electron chi connectivity index (χ1n) is 7.42. The van der Waals surface area contributed by atoms with Gasteiger partial charge in [0.25, 0.3) is 0 Å². The first-order chi connectivity index (χ1) is 8.62. The van der Waals surface area contributed by atoms with Crippen LogP contribution in [0.25, 0.3) is 0 Å². The number of hydrogen-bond acceptors (Lipinski definition) is 2. The van der Waals surface area contributed by atoms with E-state index in [0.717, 1.165) is 25.8 Å². The minimum absolute atomic E-state index is 0.472. The zero-order chi connectivity index (χ0) is 13.5. The molecular formula is C15H29N3. The van der Waals surface area contributed by atoms with Crippen molar-refractivity contribution in [1.82, 2.24) is 15.1 Å². The zero-order valence-corrected chi connectivity index (χ0v) is 12.7. The molecule has 0 amide bonds. The van der Waals surface area contributed by atoms with Crippen LogP contribution in [-0.4, -0.2) is 22.4 Å². The highest BCUT2D eigenvalue weighted by Crippen LogP contribution is 2.17. The lowest BCUT2D eigenvalue weighted by Gasteiger charge is -2.20. The van der Waals surface area contributed by atoms with Gasteiger partial charge in [-0.2, -0.15) is 5.10 Å². The molecule has 3 heteroatoms. The largest absolute Gasteiger partial charge is 0.314 e. The number of aromatic nitrogens is 2. The monoisotopic (exact) mass is 251 g/mol. The summed E-state index contributed by atoms with van der Waals surface area (Å²) in [7, 11) is 0. The van der Waals surface area contributed by atoms with E-state index in [1.54, 1.807) is 0 Å². The van der Waals surface area contributed by atoms with Crippen molar-refractivity contribution in [2.24, 2.45) is 0 Å². The predicted octanol–water partition coefficient (Wildman–Crippen LogP) is 3.35. The summed E-state index contributed by atoms with van der Waals surface area (Å²) in [4.78, 5) is 0. The molecule has 18 heavy (non-hydrogen) atoms. The minimum atomic E-state index is 0.472. The van der Waals surface area contributed by atoms with Crippen LogP contribution in [0.4, 0.5) is 0 Å². The Labute approximate surface area is 112 Å². The van der Waals surface area contributed by atoms with Crippen molar-refractivity contribution < 1.29 is 0 Å². The first kappa shape index (κ1) is 15.2. The maximum atomic E-state index is 4.72. The van der Waals surface area contributed by atoms with Crippen molar-refractivity contribution >= 4 is 0 Å². The van der Waals surface area contributed by atoms with Crippen molar-refractivity contribution in [2.45, 2.75) is 72.4 Å². The Kier molecular flexibility index (Phi) is 6.41. The molecule has 0 aliphatic heterocycles. The van der Waals surface area contributed by atoms with E-state index in [1.165, 1.54) is 17.8 Å². The van der Waals surface area contributed by atoms with E-state index >= 15 is 0 Å². The minimum Gasteiger partial charge on any atom is -0.314 e. The molecule has 2 atom stereocenters. The molecule has 0 radical (unpaired) electrons. The van der Waals surface area contributed by atoms with Crippen LogP contribution in [0, 0.1) is 0 Å². The van der Waals surface area contributed by atoms with Crippen molar-refractivity contribution in [3.8, 4) is 0 Å². The number of nitrogens with zero attached hydrogens (tertiary/aromatic N) is 2. The molecule has 3 nitrogen and oxygen atoms in total. The summed E-state index contributed by atoms with van der Waals surface area (Å²) in [5.41, 5.74) is 2.58. The fraction of sp³-hybridized carbons (Fsp3) is 0.800. The lowest BCUT2D eigenvalue weighted by molar-refractivity contribution is 0.380. The van der Waals surface area contributed by atoms with Gasteiger partial charge in [-0.15, -0.1) is 0 Å². The van der Waals surface area contributed by atoms with Crippen LogP contribution in [0.5, 0.6) is 0 Å². The molecule has 0 aliphatic carbocycles. The van der Waals surface area contributed by atoms with E-state index < -0.39 is 0 Å². The highest BCUT2D eigenvalue weighted by atomic mass is 15.3. The Balaban J connectivity index is 2.64. The molecule has 1 N–H and O–H groups in total. The lowest BCUT2D eigenvalue weighted by Crippen LogP contribution is -2.29. The number of rotatable bonds is 8. The van der Waals surface area contributed by atoms with Crippen LogP contribution in [0.3, 0.4) is 0 Å². The second-order valence-electron chi connectivity index (χ2n) is 5.22. The third kappa shape index (κ3) is 4.13. The molecule has 1 heterocycles. The maximum absolute atomic E-state index is 4.72. The second-order valence-corrected chi connectivity index (χ2v) is 5.22. The van der Waals surface area contributed by atoms with Crippen molar-refractivity contribution in [3.05, 3.63) is 17.5 Å². The van der Waals surface area contributed by atoms with E-state index in [4.69, 9.17) is 5.10 Å². The van der Waals surface area contributed by atoms with Crippen LogP contribution < -0.4 is 5.32 Å². The molecule has 0 fully saturated rings. The highest BCUT2D eigenvalue weighted by Gasteiger charge is 2.14. The Bertz CT molecular complexity index is 344. The molecule has 0 aliphatic rings. The molecule has 0 spiro atoms. The van der Waals surface area contributed by atoms with Gasteiger partial charge in [0.1, 0.15) is 0 Å². The topological polar surface area (TPSA) is 29.9 Å². The van der Waals surface area contributed by atoms with Gasteiger partial charge in [0.2, 0.25) is 0 Å². The van der Waals surface area contributed by atoms with Crippen LogP contribution in [-0.2, 0) is 12.8 Å². The SMILES string of the molecule is CCCNC(C)CC(C)n1nc(CC)cc1CC. The summed E-state index contributed by atoms with van der Waals surface area (Å²) < 4.78 is 2.23. The molecule has 2 unspecified atom stereocenters. The van der Waals surface area contributed by atoms with Gasteiger partial charge in [-0.05, 0) is 52.1 Å². The standard InChI is InChI=1S/C15H29N3/c1-6-9-16-12(4)10-13(5)18-15(8-3)11-14(7-2)17-18/h11-13,16H,6-10H2,1-5H3. The molecular weight excluding hydrogens is 222 g/mol. The van der Waals surface area contributed by atoms with E-state index in [9.17, 15) is 0 Å². The summed E-state index contributed by atoms with van der Waals surface area (Å²) in [6.45, 7) is 12.2. The highest BCUT2D eigenvalue weighted by molar-refractivity contribution is 5.11. The second kappa shape index (κ2) is 7.57. The molecule has 0 saturated carbocycles. The Morgan fingerprint density at radius 3 is 2.50 bits per heavy atom. The van der Waals surface area contributed by atoms with Gasteiger partial charge in [-0.1, -0.05) is 20.8 Å². The molecule has 1 rings (SSSR count). The normalized spacial score (nSPS) is 14.7. The van der Waals surface area contributed by atoms with Crippen LogP contribution in [0.2, 0.25) is 0 Å². The van der Waals surface area contributed by atoms with Gasteiger partial charge in [0, 0.05) is 11.7 Å². The fourth-order valence-corrected chi connectivity index (χ4v) is 2.39. The van der Waals surface area contributed by atoms with Gasteiger partial charge >= 0.3 is 0 Å². The number of aryl methyl sites for hydroxylation is 2. The van der Waals surface area contributed by atoms with Crippen molar-refractivity contribution in [1.29, 1.82) is 0 Å². The number of nitrogens with one attached hydrogen (secondary N) is 1. The Hall–Kier alpha value is -0.830. The van der Waals surface area contributed by atoms with E-state index in [-0.39, 0.29) is 0 Å². The molecule has 1 aromatic rings. The smallest absolute Gasteiger partial charge is 0.0624 e. The van der Waals surface area contributed by atoms with Gasteiger partial charge in [0.15, 0.2) is 0 Å². The average Bonchev–Trinajstić information content (AvgIpc) is 2.79. The summed E-state index contributed by atoms with van der Waals surface area (Å²) >= 11 is 0. The maximum Gasteiger partial charge on any atom is 0.0624 e. The Morgan fingerprint density at radius 1 is 1.22 bits per heavy atom. The number of hydrogen-bond donors (Lipinski definition) is 1. The quantitative estimate of drug-likeness (QED) is 0.768. The summed E-state index contributed by atoms with van der Waals surface area (Å²) in [5, 5.41) is 8.27. The molecule has 0 bridgehead atoms. The van der Waals surface area contributed by atoms with Crippen molar-refractivity contribution in [3.63, 3.8) is 0 Å². The fourth-order valence-electron chi connectivity index (χ4n) is 2.39. The van der Waals surface area contributed by atoms with Crippen LogP contribution in [0.15, 0.2) is 6.07 Å². The third-order valence-electron chi connectivity index (χ3n) is 3.44. The summed E-state index contributed by atoms with van der Waals surface area (Å²) in [6.07, 6.45) is 4.42. The molecule has 0 aromatic carbocycles. The molecule has 0 saturated heterocycles. The van der Waals surface area contributed by atoms with E-state index in [1.807, 2.05) is 0 Å². The van der Waals surface area contributed by atoms with Gasteiger partial charge < -0.3 is 5.32 Å². The van der Waals surface area contributed by atoms with E-state index in [2.05, 4.69) is 50.7 Å². The molecule has 1 aromatic heterocycles. The summed E-state index contributed by atoms with van der Waals surface area (Å²) in [6, 6.07) is 3.28. The average molecular weight is 251 g/mol. The summed E-state index contributed by atoms with van der Waals surface area (Å²) in [5.74, 6) is 0. The van der Waals surface area contributed by atoms with Crippen LogP contribution in [0.1, 0.15) is 64.9 Å². The van der Waals surface area contributed by atoms with E-state index in [0.29, 0.717) is 12.1 Å². The lowest BCUT2D eigenvalue weighted by atomic mass is 10.1. The van der Waals surface area contributed by atoms with Gasteiger partial charge in [-0.3, -0.25) is 4.68 Å². The third-order valence-corrected chi connectivity index (χ3v) is 3.44. The van der Waals surface area contributed by atoms with Crippen LogP contribution >= 0.6 is 0 Å². The van der Waals surface area contributed by atoms with Gasteiger partial charge in [0.05, 0.1) is 11.7 Å². The van der Waals surface area contributed by atoms with Crippen molar-refractivity contribution in [2.75, 3.05) is 6.54 Å².